The van der Waals surface area contributed by atoms with Crippen LogP contribution in [0.5, 0.6) is 5.75 Å². The number of alkyl carbamates (subject to hydrolysis) is 1. The van der Waals surface area contributed by atoms with Gasteiger partial charge in [-0.3, -0.25) is 20.1 Å². The van der Waals surface area contributed by atoms with Crippen LogP contribution >= 0.6 is 31.9 Å². The van der Waals surface area contributed by atoms with Crippen LogP contribution in [0.2, 0.25) is 0 Å². The predicted molar refractivity (Wildman–Crippen MR) is 124 cm³/mol. The fourth-order valence-corrected chi connectivity index (χ4v) is 4.18. The number of nitrogens with one attached hydrogen (secondary N) is 2. The summed E-state index contributed by atoms with van der Waals surface area (Å²) in [5.74, 6) is -1.67. The van der Waals surface area contributed by atoms with Gasteiger partial charge in [-0.05, 0) is 59.0 Å². The molecule has 2 aromatic carbocycles. The molecule has 2 atom stereocenters. The van der Waals surface area contributed by atoms with Crippen molar-refractivity contribution in [3.63, 3.8) is 0 Å². The summed E-state index contributed by atoms with van der Waals surface area (Å²) in [6.07, 6.45) is 1.81. The number of rotatable bonds is 8. The van der Waals surface area contributed by atoms with Crippen LogP contribution in [0.4, 0.5) is 4.79 Å². The molecule has 2 rings (SSSR count). The Morgan fingerprint density at radius 2 is 1.84 bits per heavy atom. The number of carbonyl (C=O) groups is 3. The third kappa shape index (κ3) is 7.47. The number of halogens is 2. The van der Waals surface area contributed by atoms with Gasteiger partial charge in [-0.25, -0.2) is 10.3 Å². The van der Waals surface area contributed by atoms with Gasteiger partial charge in [0.2, 0.25) is 0 Å². The second-order valence-corrected chi connectivity index (χ2v) is 8.67. The van der Waals surface area contributed by atoms with Gasteiger partial charge in [-0.15, -0.1) is 0 Å². The van der Waals surface area contributed by atoms with Crippen LogP contribution in [0.15, 0.2) is 63.6 Å². The fourth-order valence-electron chi connectivity index (χ4n) is 2.93. The minimum atomic E-state index is -0.957. The van der Waals surface area contributed by atoms with Crippen LogP contribution in [0.3, 0.4) is 0 Å². The quantitative estimate of drug-likeness (QED) is 0.201. The highest BCUT2D eigenvalue weighted by atomic mass is 79.9. The molecule has 10 heteroatoms. The maximum atomic E-state index is 12.5. The number of amides is 3. The number of carbonyl (C=O) groups excluding carboxylic acids is 3. The number of phenolic OH excluding ortho intramolecular Hbond substituents is 1. The lowest BCUT2D eigenvalue weighted by molar-refractivity contribution is -0.124. The molecule has 0 aliphatic heterocycles. The first-order chi connectivity index (χ1) is 15.2. The van der Waals surface area contributed by atoms with Crippen LogP contribution in [-0.4, -0.2) is 28.2 Å². The maximum absolute atomic E-state index is 12.5. The van der Waals surface area contributed by atoms with E-state index in [-0.39, 0.29) is 11.7 Å². The predicted octanol–water partition coefficient (Wildman–Crippen LogP) is 5.00. The summed E-state index contributed by atoms with van der Waals surface area (Å²) in [5, 5.41) is 21.3. The molecule has 0 radical (unpaired) electrons. The maximum Gasteiger partial charge on any atom is 0.414 e. The summed E-state index contributed by atoms with van der Waals surface area (Å²) in [5.41, 5.74) is 2.15. The highest BCUT2D eigenvalue weighted by molar-refractivity contribution is 9.11. The Morgan fingerprint density at radius 1 is 1.16 bits per heavy atom. The number of ether oxygens (including phenoxy) is 1. The van der Waals surface area contributed by atoms with Crippen LogP contribution in [0.1, 0.15) is 41.8 Å². The van der Waals surface area contributed by atoms with E-state index in [0.29, 0.717) is 32.9 Å². The van der Waals surface area contributed by atoms with Crippen LogP contribution < -0.4 is 10.8 Å². The number of hydrogen-bond donors (Lipinski definition) is 4. The Hall–Kier alpha value is -2.69. The molecule has 3 amide bonds. The lowest BCUT2D eigenvalue weighted by atomic mass is 9.92. The van der Waals surface area contributed by atoms with Gasteiger partial charge in [-0.1, -0.05) is 47.1 Å². The second-order valence-electron chi connectivity index (χ2n) is 6.90. The van der Waals surface area contributed by atoms with Gasteiger partial charge in [-0.2, -0.15) is 0 Å². The second kappa shape index (κ2) is 12.4. The first kappa shape index (κ1) is 25.6. The topological polar surface area (TPSA) is 125 Å². The lowest BCUT2D eigenvalue weighted by Crippen LogP contribution is -2.33. The Balaban J connectivity index is 2.20. The molecule has 0 fully saturated rings. The lowest BCUT2D eigenvalue weighted by Gasteiger charge is -2.25. The van der Waals surface area contributed by atoms with Gasteiger partial charge in [0.05, 0.1) is 4.47 Å². The zero-order valence-corrected chi connectivity index (χ0v) is 20.2. The Morgan fingerprint density at radius 3 is 2.50 bits per heavy atom. The van der Waals surface area contributed by atoms with Crippen LogP contribution in [0.25, 0.3) is 0 Å². The molecule has 0 spiro atoms. The summed E-state index contributed by atoms with van der Waals surface area (Å²) in [4.78, 5) is 35.9. The van der Waals surface area contributed by atoms with Gasteiger partial charge >= 0.3 is 6.09 Å². The number of hydroxylamine groups is 1. The van der Waals surface area contributed by atoms with Crippen molar-refractivity contribution in [3.05, 3.63) is 74.7 Å². The molecule has 170 valence electrons. The van der Waals surface area contributed by atoms with E-state index in [9.17, 15) is 19.5 Å². The molecule has 0 aliphatic rings. The average Bonchev–Trinajstić information content (AvgIpc) is 2.77. The van der Waals surface area contributed by atoms with Gasteiger partial charge in [0.25, 0.3) is 11.8 Å². The van der Waals surface area contributed by atoms with E-state index in [2.05, 4.69) is 37.2 Å². The van der Waals surface area contributed by atoms with E-state index >= 15 is 0 Å². The number of hydrogen-bond acceptors (Lipinski definition) is 6. The molecule has 0 bridgehead atoms. The summed E-state index contributed by atoms with van der Waals surface area (Å²) in [6, 6.07) is 11.5. The zero-order valence-electron chi connectivity index (χ0n) is 17.0. The largest absolute Gasteiger partial charge is 0.506 e. The van der Waals surface area contributed by atoms with E-state index < -0.39 is 24.0 Å². The zero-order chi connectivity index (χ0) is 23.7. The minimum Gasteiger partial charge on any atom is -0.506 e. The Kier molecular flexibility index (Phi) is 9.89. The molecule has 32 heavy (non-hydrogen) atoms. The van der Waals surface area contributed by atoms with E-state index in [1.54, 1.807) is 48.5 Å². The first-order valence-corrected chi connectivity index (χ1v) is 11.2. The standard InChI is InChI=1S/C22H22Br2N2O6/c1-13(7-5-6-10-18(27)26-31)20(16-11-15(23)12-17(24)19(16)28)32-22(30)25-21(29)14-8-3-2-4-9-14/h2-4,6,8-13,20,28,31H,5,7H2,1H3,(H,26,27)(H,25,29,30)/b10-6+/t13-,20+/m1/s1. The fraction of sp³-hybridized carbons (Fsp3) is 0.227. The monoisotopic (exact) mass is 568 g/mol. The highest BCUT2D eigenvalue weighted by Crippen LogP contribution is 2.40. The first-order valence-electron chi connectivity index (χ1n) is 9.58. The van der Waals surface area contributed by atoms with Crippen molar-refractivity contribution in [1.29, 1.82) is 0 Å². The third-order valence-corrected chi connectivity index (χ3v) is 5.60. The highest BCUT2D eigenvalue weighted by Gasteiger charge is 2.28. The minimum absolute atomic E-state index is 0.0950. The van der Waals surface area contributed by atoms with Crippen molar-refractivity contribution in [1.82, 2.24) is 10.8 Å². The van der Waals surface area contributed by atoms with Crippen molar-refractivity contribution in [2.24, 2.45) is 5.92 Å². The molecule has 0 saturated carbocycles. The summed E-state index contributed by atoms with van der Waals surface area (Å²) in [6.45, 7) is 1.81. The Labute approximate surface area is 201 Å². The smallest absolute Gasteiger partial charge is 0.414 e. The van der Waals surface area contributed by atoms with Crippen molar-refractivity contribution >= 4 is 49.8 Å². The number of imide groups is 1. The summed E-state index contributed by atoms with van der Waals surface area (Å²) < 4.78 is 6.62. The van der Waals surface area contributed by atoms with E-state index in [1.165, 1.54) is 11.6 Å². The summed E-state index contributed by atoms with van der Waals surface area (Å²) >= 11 is 6.63. The molecule has 8 nitrogen and oxygen atoms in total. The summed E-state index contributed by atoms with van der Waals surface area (Å²) in [7, 11) is 0. The van der Waals surface area contributed by atoms with Crippen LogP contribution in [-0.2, 0) is 9.53 Å². The van der Waals surface area contributed by atoms with Gasteiger partial charge in [0.1, 0.15) is 11.9 Å². The van der Waals surface area contributed by atoms with Crippen LogP contribution in [0, 0.1) is 5.92 Å². The molecule has 4 N–H and O–H groups in total. The molecule has 0 aliphatic carbocycles. The van der Waals surface area contributed by atoms with E-state index in [1.807, 2.05) is 6.92 Å². The molecule has 0 aromatic heterocycles. The molecule has 0 unspecified atom stereocenters. The van der Waals surface area contributed by atoms with Gasteiger partial charge < -0.3 is 9.84 Å². The SMILES string of the molecule is C[C@H](CC/C=C/C(=O)NO)[C@H](OC(=O)NC(=O)c1ccccc1)c1cc(Br)cc(Br)c1O. The van der Waals surface area contributed by atoms with Crippen molar-refractivity contribution in [3.8, 4) is 5.75 Å². The van der Waals surface area contributed by atoms with Crippen molar-refractivity contribution in [2.45, 2.75) is 25.9 Å². The molecule has 2 aromatic rings. The molecular formula is C22H22Br2N2O6. The van der Waals surface area contributed by atoms with Gasteiger partial charge in [0, 0.05) is 21.7 Å². The number of benzene rings is 2. The van der Waals surface area contributed by atoms with Gasteiger partial charge in [0.15, 0.2) is 0 Å². The molecular weight excluding hydrogens is 548 g/mol. The molecule has 0 saturated heterocycles. The number of phenols is 1. The van der Waals surface area contributed by atoms with Crippen molar-refractivity contribution < 1.29 is 29.4 Å². The normalized spacial score (nSPS) is 12.8. The third-order valence-electron chi connectivity index (χ3n) is 4.53. The van der Waals surface area contributed by atoms with Crippen molar-refractivity contribution in [2.75, 3.05) is 0 Å². The number of aromatic hydroxyl groups is 1. The number of allylic oxidation sites excluding steroid dienone is 1. The van der Waals surface area contributed by atoms with E-state index in [4.69, 9.17) is 9.94 Å². The molecule has 0 heterocycles. The Bertz CT molecular complexity index is 997. The van der Waals surface area contributed by atoms with E-state index in [0.717, 1.165) is 0 Å². The average molecular weight is 570 g/mol.